The summed E-state index contributed by atoms with van der Waals surface area (Å²) in [5.41, 5.74) is -0.0645. The molecule has 2 aliphatic rings. The molecule has 1 N–H and O–H groups in total. The smallest absolute Gasteiger partial charge is 0.392 e. The van der Waals surface area contributed by atoms with Gasteiger partial charge in [0.15, 0.2) is 0 Å². The SMILES string of the molecule is CC(C)NC(=O)C1(CC2CC(c3ccc(C(F)(F)F)cc3)=NO2)CCOCC1. The zero-order valence-corrected chi connectivity index (χ0v) is 16.0. The largest absolute Gasteiger partial charge is 0.416 e. The van der Waals surface area contributed by atoms with Crippen molar-refractivity contribution in [2.75, 3.05) is 13.2 Å². The maximum Gasteiger partial charge on any atom is 0.416 e. The highest BCUT2D eigenvalue weighted by Crippen LogP contribution is 2.39. The number of hydrogen-bond donors (Lipinski definition) is 1. The van der Waals surface area contributed by atoms with Gasteiger partial charge in [-0.1, -0.05) is 17.3 Å². The molecule has 5 nitrogen and oxygen atoms in total. The Morgan fingerprint density at radius 1 is 1.25 bits per heavy atom. The van der Waals surface area contributed by atoms with E-state index in [9.17, 15) is 18.0 Å². The summed E-state index contributed by atoms with van der Waals surface area (Å²) in [5.74, 6) is -0.00243. The monoisotopic (exact) mass is 398 g/mol. The molecule has 0 aliphatic carbocycles. The van der Waals surface area contributed by atoms with Gasteiger partial charge in [0.2, 0.25) is 5.91 Å². The Kier molecular flexibility index (Phi) is 5.98. The molecule has 1 atom stereocenters. The van der Waals surface area contributed by atoms with Gasteiger partial charge < -0.3 is 14.9 Å². The Hall–Kier alpha value is -2.09. The normalized spacial score (nSPS) is 21.9. The van der Waals surface area contributed by atoms with E-state index in [0.29, 0.717) is 50.2 Å². The third kappa shape index (κ3) is 4.66. The van der Waals surface area contributed by atoms with Crippen molar-refractivity contribution in [2.24, 2.45) is 10.6 Å². The molecule has 1 saturated heterocycles. The first-order chi connectivity index (χ1) is 13.2. The summed E-state index contributed by atoms with van der Waals surface area (Å²) in [6, 6.07) is 4.94. The van der Waals surface area contributed by atoms with Crippen molar-refractivity contribution in [1.82, 2.24) is 5.32 Å². The maximum atomic E-state index is 12.8. The van der Waals surface area contributed by atoms with E-state index >= 15 is 0 Å². The predicted molar refractivity (Wildman–Crippen MR) is 97.9 cm³/mol. The molecule has 0 spiro atoms. The number of nitrogens with zero attached hydrogens (tertiary/aromatic N) is 1. The van der Waals surface area contributed by atoms with E-state index in [2.05, 4.69) is 10.5 Å². The van der Waals surface area contributed by atoms with E-state index in [4.69, 9.17) is 9.57 Å². The molecule has 1 unspecified atom stereocenters. The molecule has 1 aromatic carbocycles. The molecule has 0 bridgehead atoms. The standard InChI is InChI=1S/C20H25F3N2O3/c1-13(2)24-18(26)19(7-9-27-10-8-19)12-16-11-17(25-28-16)14-3-5-15(6-4-14)20(21,22)23/h3-6,13,16H,7-12H2,1-2H3,(H,24,26). The Labute approximate surface area is 162 Å². The molecule has 0 radical (unpaired) electrons. The number of hydrogen-bond acceptors (Lipinski definition) is 4. The first-order valence-corrected chi connectivity index (χ1v) is 9.49. The molecule has 0 saturated carbocycles. The lowest BCUT2D eigenvalue weighted by Gasteiger charge is -2.37. The summed E-state index contributed by atoms with van der Waals surface area (Å²) in [7, 11) is 0. The van der Waals surface area contributed by atoms with Crippen LogP contribution in [0.5, 0.6) is 0 Å². The van der Waals surface area contributed by atoms with E-state index < -0.39 is 17.2 Å². The summed E-state index contributed by atoms with van der Waals surface area (Å²) >= 11 is 0. The van der Waals surface area contributed by atoms with Crippen molar-refractivity contribution in [3.63, 3.8) is 0 Å². The number of carbonyl (C=O) groups is 1. The summed E-state index contributed by atoms with van der Waals surface area (Å²) < 4.78 is 43.6. The number of ether oxygens (including phenoxy) is 1. The van der Waals surface area contributed by atoms with E-state index in [1.165, 1.54) is 12.1 Å². The van der Waals surface area contributed by atoms with E-state index in [1.807, 2.05) is 13.8 Å². The minimum atomic E-state index is -4.37. The minimum Gasteiger partial charge on any atom is -0.392 e. The molecule has 1 amide bonds. The van der Waals surface area contributed by atoms with Crippen molar-refractivity contribution >= 4 is 11.6 Å². The lowest BCUT2D eigenvalue weighted by molar-refractivity contribution is -0.140. The van der Waals surface area contributed by atoms with Crippen LogP contribution < -0.4 is 5.32 Å². The van der Waals surface area contributed by atoms with Crippen LogP contribution in [0, 0.1) is 5.41 Å². The number of amides is 1. The molecule has 2 aliphatic heterocycles. The molecule has 8 heteroatoms. The van der Waals surface area contributed by atoms with E-state index in [-0.39, 0.29) is 18.1 Å². The summed E-state index contributed by atoms with van der Waals surface area (Å²) in [5, 5.41) is 7.07. The average Bonchev–Trinajstić information content (AvgIpc) is 3.09. The second-order valence-electron chi connectivity index (χ2n) is 7.77. The van der Waals surface area contributed by atoms with Crippen molar-refractivity contribution in [1.29, 1.82) is 0 Å². The fourth-order valence-corrected chi connectivity index (χ4v) is 3.70. The fourth-order valence-electron chi connectivity index (χ4n) is 3.70. The Morgan fingerprint density at radius 3 is 2.46 bits per heavy atom. The van der Waals surface area contributed by atoms with Crippen LogP contribution in [0.4, 0.5) is 13.2 Å². The zero-order valence-electron chi connectivity index (χ0n) is 16.0. The Balaban J connectivity index is 1.67. The quantitative estimate of drug-likeness (QED) is 0.818. The summed E-state index contributed by atoms with van der Waals surface area (Å²) in [6.07, 6.45) is -2.46. The number of benzene rings is 1. The molecular weight excluding hydrogens is 373 g/mol. The predicted octanol–water partition coefficient (Wildman–Crippen LogP) is 3.91. The Bertz CT molecular complexity index is 723. The topological polar surface area (TPSA) is 59.9 Å². The second-order valence-corrected chi connectivity index (χ2v) is 7.77. The van der Waals surface area contributed by atoms with Gasteiger partial charge in [-0.05, 0) is 44.4 Å². The van der Waals surface area contributed by atoms with Gasteiger partial charge in [0.1, 0.15) is 6.10 Å². The lowest BCUT2D eigenvalue weighted by Crippen LogP contribution is -2.48. The molecular formula is C20H25F3N2O3. The second kappa shape index (κ2) is 8.11. The minimum absolute atomic E-state index is 0.00243. The molecule has 1 fully saturated rings. The van der Waals surface area contributed by atoms with Gasteiger partial charge in [-0.25, -0.2) is 0 Å². The fraction of sp³-hybridized carbons (Fsp3) is 0.600. The van der Waals surface area contributed by atoms with Crippen LogP contribution in [0.1, 0.15) is 50.7 Å². The third-order valence-electron chi connectivity index (χ3n) is 5.25. The summed E-state index contributed by atoms with van der Waals surface area (Å²) in [4.78, 5) is 18.4. The number of oxime groups is 1. The van der Waals surface area contributed by atoms with E-state index in [1.54, 1.807) is 0 Å². The van der Waals surface area contributed by atoms with E-state index in [0.717, 1.165) is 12.1 Å². The van der Waals surface area contributed by atoms with Gasteiger partial charge in [-0.15, -0.1) is 0 Å². The molecule has 28 heavy (non-hydrogen) atoms. The number of rotatable bonds is 5. The van der Waals surface area contributed by atoms with Crippen LogP contribution in [0.15, 0.2) is 29.4 Å². The molecule has 3 rings (SSSR count). The van der Waals surface area contributed by atoms with Crippen LogP contribution in [-0.2, 0) is 20.5 Å². The third-order valence-corrected chi connectivity index (χ3v) is 5.25. The number of halogens is 3. The molecule has 0 aromatic heterocycles. The highest BCUT2D eigenvalue weighted by Gasteiger charge is 2.44. The maximum absolute atomic E-state index is 12.8. The molecule has 1 aromatic rings. The van der Waals surface area contributed by atoms with Crippen molar-refractivity contribution in [3.05, 3.63) is 35.4 Å². The van der Waals surface area contributed by atoms with Gasteiger partial charge in [0.05, 0.1) is 16.7 Å². The average molecular weight is 398 g/mol. The first kappa shape index (κ1) is 20.6. The van der Waals surface area contributed by atoms with Gasteiger partial charge in [-0.3, -0.25) is 4.79 Å². The van der Waals surface area contributed by atoms with Gasteiger partial charge >= 0.3 is 6.18 Å². The van der Waals surface area contributed by atoms with Gasteiger partial charge in [0, 0.05) is 32.1 Å². The molecule has 2 heterocycles. The first-order valence-electron chi connectivity index (χ1n) is 9.49. The van der Waals surface area contributed by atoms with Crippen molar-refractivity contribution < 1.29 is 27.5 Å². The van der Waals surface area contributed by atoms with Crippen molar-refractivity contribution in [3.8, 4) is 0 Å². The van der Waals surface area contributed by atoms with Crippen LogP contribution in [-0.4, -0.2) is 37.0 Å². The lowest BCUT2D eigenvalue weighted by atomic mass is 9.74. The Morgan fingerprint density at radius 2 is 1.89 bits per heavy atom. The van der Waals surface area contributed by atoms with Crippen LogP contribution in [0.2, 0.25) is 0 Å². The van der Waals surface area contributed by atoms with Crippen LogP contribution in [0.25, 0.3) is 0 Å². The van der Waals surface area contributed by atoms with Crippen LogP contribution >= 0.6 is 0 Å². The van der Waals surface area contributed by atoms with Crippen LogP contribution in [0.3, 0.4) is 0 Å². The highest BCUT2D eigenvalue weighted by molar-refractivity contribution is 6.01. The van der Waals surface area contributed by atoms with Gasteiger partial charge in [-0.2, -0.15) is 13.2 Å². The summed E-state index contributed by atoms with van der Waals surface area (Å²) in [6.45, 7) is 4.88. The van der Waals surface area contributed by atoms with Gasteiger partial charge in [0.25, 0.3) is 0 Å². The van der Waals surface area contributed by atoms with Crippen molar-refractivity contribution in [2.45, 2.75) is 57.9 Å². The highest BCUT2D eigenvalue weighted by atomic mass is 19.4. The number of carbonyl (C=O) groups excluding carboxylic acids is 1. The number of nitrogens with one attached hydrogen (secondary N) is 1. The molecule has 154 valence electrons. The zero-order chi connectivity index (χ0) is 20.4. The number of alkyl halides is 3.